The van der Waals surface area contributed by atoms with Gasteiger partial charge in [-0.2, -0.15) is 0 Å². The van der Waals surface area contributed by atoms with Gasteiger partial charge in [-0.05, 0) is 154 Å². The van der Waals surface area contributed by atoms with Crippen molar-refractivity contribution in [3.05, 3.63) is 101 Å². The molecule has 6 N–H and O–H groups in total. The fraction of sp³-hybridized carbons (Fsp3) is 0.579. The first-order valence-electron chi connectivity index (χ1n) is 36.0. The van der Waals surface area contributed by atoms with Gasteiger partial charge in [-0.1, -0.05) is 162 Å². The Kier molecular flexibility index (Phi) is 33.4. The van der Waals surface area contributed by atoms with Crippen molar-refractivity contribution >= 4 is 173 Å². The van der Waals surface area contributed by atoms with Crippen molar-refractivity contribution in [3.63, 3.8) is 0 Å². The standard InChI is InChI=1S/C38H50Cl3N5O8.C25H39Cl3N4O6.C13H12BrNO2/c1-22(2)31(32(48)42-23(3)33(49)46-17-8-9-29(45-46)34(50)52-21-38(39,40)41)44-35(51)37(16-18-53-36(6,7)20-37)15-14-26-10-11-27-12-13-28(43-30(27)19-26)24(4)54-25(5)47;1-7-24(10-12-38-23(5,6)13-24)22(36)30-18(15(2)3)19(33)29-16(4)20(34)32-11-8-9-17(31-32)21(35)37-14-25(26,27)28;1-8(17-9(2)16)12-6-4-10-3-5-11(14)7-13(10)15-12/h10-15,19,22-24,29,31,45H,8-9,16-18,20-21H2,1-7H3,(H,42,48)(H,44,51);7,15-18,31H,1,8-14H2,2-6H3,(H,29,33)(H,30,36);3-8H,1-2H3/b15-14+;;/t23-,24+,29-,31-,37?;16-,17-,18-,24?;8-/m001/s1. The van der Waals surface area contributed by atoms with E-state index < -0.39 is 127 Å². The van der Waals surface area contributed by atoms with Gasteiger partial charge in [0.2, 0.25) is 31.2 Å². The number of amides is 6. The van der Waals surface area contributed by atoms with Crippen LogP contribution in [0.25, 0.3) is 27.9 Å². The summed E-state index contributed by atoms with van der Waals surface area (Å²) >= 11 is 37.4. The number of carbonyl (C=O) groups is 10. The van der Waals surface area contributed by atoms with Gasteiger partial charge >= 0.3 is 23.9 Å². The Morgan fingerprint density at radius 2 is 0.991 bits per heavy atom. The lowest BCUT2D eigenvalue weighted by atomic mass is 9.72. The predicted molar refractivity (Wildman–Crippen MR) is 421 cm³/mol. The third-order valence-corrected chi connectivity index (χ3v) is 19.7. The minimum Gasteiger partial charge on any atom is -0.460 e. The lowest BCUT2D eigenvalue weighted by molar-refractivity contribution is -0.154. The van der Waals surface area contributed by atoms with Crippen molar-refractivity contribution in [2.45, 2.75) is 216 Å². The zero-order chi connectivity index (χ0) is 81.3. The second-order valence-corrected chi connectivity index (χ2v) is 35.6. The highest BCUT2D eigenvalue weighted by molar-refractivity contribution is 9.10. The molecule has 10 atom stereocenters. The van der Waals surface area contributed by atoms with Crippen molar-refractivity contribution in [3.8, 4) is 0 Å². The SMILES string of the molecule is C=CC1(C(=O)N[C@H](C(=O)N[C@@H](C)C(=O)N2CCC[C@@H](C(=O)OCC(Cl)(Cl)Cl)N2)C(C)C)CCOC(C)(C)C1.CC(=O)O[C@H](C)c1ccc2ccc(/C=C/C3(C(=O)N[C@H](C(=O)N[C@@H](C)C(=O)N4CCC[C@@H](C(=O)OCC(Cl)(Cl)Cl)N4)C(C)C)CCOC(C)(C)C3)cc2n1.CC(=O)O[C@H](C)c1ccc2ccc(Br)cc2n1. The van der Waals surface area contributed by atoms with Gasteiger partial charge in [-0.3, -0.25) is 58.0 Å². The van der Waals surface area contributed by atoms with Gasteiger partial charge in [0.1, 0.15) is 61.7 Å². The summed E-state index contributed by atoms with van der Waals surface area (Å²) in [7, 11) is 0. The van der Waals surface area contributed by atoms with E-state index in [4.69, 9.17) is 103 Å². The predicted octanol–water partition coefficient (Wildman–Crippen LogP) is 11.9. The molecule has 0 saturated carbocycles. The monoisotopic (exact) mass is 1700 g/mol. The molecule has 6 amide bonds. The van der Waals surface area contributed by atoms with E-state index in [2.05, 4.69) is 59.6 Å². The first-order chi connectivity index (χ1) is 50.7. The van der Waals surface area contributed by atoms with Crippen LogP contribution >= 0.6 is 85.5 Å². The molecule has 0 spiro atoms. The zero-order valence-corrected chi connectivity index (χ0v) is 70.0. The Morgan fingerprint density at radius 1 is 0.596 bits per heavy atom. The Bertz CT molecular complexity index is 3970. The molecular weight excluding hydrogens is 1600 g/mol. The van der Waals surface area contributed by atoms with Crippen molar-refractivity contribution in [2.75, 3.05) is 39.5 Å². The summed E-state index contributed by atoms with van der Waals surface area (Å²) in [5.41, 5.74) is 6.42. The zero-order valence-electron chi connectivity index (χ0n) is 63.9. The maximum atomic E-state index is 14.3. The lowest BCUT2D eigenvalue weighted by Gasteiger charge is -2.43. The van der Waals surface area contributed by atoms with E-state index in [1.807, 2.05) is 135 Å². The highest BCUT2D eigenvalue weighted by atomic mass is 79.9. The number of esters is 4. The number of fused-ring (bicyclic) bond motifs is 2. The fourth-order valence-electron chi connectivity index (χ4n) is 13.0. The summed E-state index contributed by atoms with van der Waals surface area (Å²) in [5.74, 6) is -5.17. The van der Waals surface area contributed by atoms with E-state index in [-0.39, 0.29) is 35.7 Å². The molecule has 0 radical (unpaired) electrons. The van der Waals surface area contributed by atoms with Crippen LogP contribution in [0.1, 0.15) is 177 Å². The molecule has 2 aromatic heterocycles. The number of alkyl halides is 6. The number of hydrazine groups is 2. The molecule has 2 unspecified atom stereocenters. The molecule has 4 saturated heterocycles. The molecule has 8 rings (SSSR count). The van der Waals surface area contributed by atoms with E-state index >= 15 is 0 Å². The molecule has 4 fully saturated rings. The van der Waals surface area contributed by atoms with Crippen molar-refractivity contribution in [1.82, 2.24) is 52.1 Å². The normalized spacial score (nSPS) is 21.6. The number of nitrogens with one attached hydrogen (secondary N) is 6. The summed E-state index contributed by atoms with van der Waals surface area (Å²) in [4.78, 5) is 138. The highest BCUT2D eigenvalue weighted by Gasteiger charge is 2.48. The van der Waals surface area contributed by atoms with Gasteiger partial charge in [0.25, 0.3) is 11.8 Å². The van der Waals surface area contributed by atoms with Crippen LogP contribution in [0.3, 0.4) is 0 Å². The van der Waals surface area contributed by atoms with Crippen LogP contribution in [-0.4, -0.2) is 174 Å². The second kappa shape index (κ2) is 39.8. The molecule has 26 nitrogen and oxygen atoms in total. The first kappa shape index (κ1) is 91.4. The van der Waals surface area contributed by atoms with Gasteiger partial charge in [-0.15, -0.1) is 6.58 Å². The Labute approximate surface area is 675 Å². The number of rotatable bonds is 23. The van der Waals surface area contributed by atoms with E-state index in [9.17, 15) is 47.9 Å². The quantitative estimate of drug-likeness (QED) is 0.0174. The van der Waals surface area contributed by atoms with Crippen LogP contribution in [0.2, 0.25) is 0 Å². The number of nitrogens with zero attached hydrogens (tertiary/aromatic N) is 4. The van der Waals surface area contributed by atoms with Crippen molar-refractivity contribution in [1.29, 1.82) is 0 Å². The van der Waals surface area contributed by atoms with Gasteiger partial charge in [0, 0.05) is 55.4 Å². The van der Waals surface area contributed by atoms with Crippen LogP contribution < -0.4 is 32.1 Å². The summed E-state index contributed by atoms with van der Waals surface area (Å²) in [5, 5.41) is 15.8. The van der Waals surface area contributed by atoms with Crippen LogP contribution in [0.15, 0.2) is 83.9 Å². The molecule has 4 aliphatic rings. The molecule has 0 aliphatic carbocycles. The molecule has 600 valence electrons. The van der Waals surface area contributed by atoms with Gasteiger partial charge in [0.05, 0.1) is 44.5 Å². The maximum absolute atomic E-state index is 14.3. The molecular formula is C76H101BrCl6N10O16. The van der Waals surface area contributed by atoms with Crippen LogP contribution in [0, 0.1) is 22.7 Å². The number of pyridine rings is 2. The lowest BCUT2D eigenvalue weighted by Crippen LogP contribution is -2.61. The largest absolute Gasteiger partial charge is 0.460 e. The third kappa shape index (κ3) is 27.7. The summed E-state index contributed by atoms with van der Waals surface area (Å²) in [6, 6.07) is 13.9. The van der Waals surface area contributed by atoms with Crippen molar-refractivity contribution in [2.24, 2.45) is 22.7 Å². The second-order valence-electron chi connectivity index (χ2n) is 29.6. The van der Waals surface area contributed by atoms with Crippen LogP contribution in [-0.2, 0) is 76.4 Å². The van der Waals surface area contributed by atoms with Crippen LogP contribution in [0.4, 0.5) is 0 Å². The number of hydrogen-bond acceptors (Lipinski definition) is 20. The molecule has 4 aliphatic heterocycles. The molecule has 6 heterocycles. The Hall–Kier alpha value is -6.50. The average molecular weight is 1700 g/mol. The van der Waals surface area contributed by atoms with Gasteiger partial charge in [0.15, 0.2) is 0 Å². The number of carbonyl (C=O) groups excluding carboxylic acids is 10. The van der Waals surface area contributed by atoms with E-state index in [0.717, 1.165) is 32.0 Å². The molecule has 2 aromatic carbocycles. The van der Waals surface area contributed by atoms with E-state index in [1.165, 1.54) is 37.7 Å². The van der Waals surface area contributed by atoms with Crippen molar-refractivity contribution < 1.29 is 76.4 Å². The molecule has 109 heavy (non-hydrogen) atoms. The van der Waals surface area contributed by atoms with Gasteiger partial charge in [-0.25, -0.2) is 20.8 Å². The summed E-state index contributed by atoms with van der Waals surface area (Å²) < 4.78 is 29.7. The van der Waals surface area contributed by atoms with E-state index in [0.29, 0.717) is 88.9 Å². The highest BCUT2D eigenvalue weighted by Crippen LogP contribution is 2.43. The minimum absolute atomic E-state index is 0.249. The number of halogens is 7. The molecule has 4 aromatic rings. The number of aromatic nitrogens is 2. The molecule has 0 bridgehead atoms. The van der Waals surface area contributed by atoms with E-state index in [1.54, 1.807) is 13.0 Å². The maximum Gasteiger partial charge on any atom is 0.325 e. The minimum atomic E-state index is -1.77. The summed E-state index contributed by atoms with van der Waals surface area (Å²) in [6.07, 6.45) is 8.02. The Balaban J connectivity index is 0.000000290. The number of benzene rings is 2. The topological polar surface area (TPSA) is 331 Å². The van der Waals surface area contributed by atoms with Gasteiger partial charge < -0.3 is 49.7 Å². The number of ether oxygens (including phenoxy) is 6. The third-order valence-electron chi connectivity index (χ3n) is 18.5. The smallest absolute Gasteiger partial charge is 0.325 e. The molecule has 33 heteroatoms. The average Bonchev–Trinajstić information content (AvgIpc) is 0.819. The summed E-state index contributed by atoms with van der Waals surface area (Å²) in [6.45, 7) is 28.7. The number of hydrogen-bond donors (Lipinski definition) is 6. The fourth-order valence-corrected chi connectivity index (χ4v) is 13.6. The first-order valence-corrected chi connectivity index (χ1v) is 39.1. The Morgan fingerprint density at radius 3 is 1.39 bits per heavy atom. The van der Waals surface area contributed by atoms with Crippen LogP contribution in [0.5, 0.6) is 0 Å².